The first-order chi connectivity index (χ1) is 17.7. The highest BCUT2D eigenvalue weighted by molar-refractivity contribution is 5.94. The number of rotatable bonds is 8. The van der Waals surface area contributed by atoms with Crippen LogP contribution in [0.2, 0.25) is 0 Å². The number of hydrogen-bond acceptors (Lipinski definition) is 2. The Morgan fingerprint density at radius 2 is 1.42 bits per heavy atom. The topological polar surface area (TPSA) is 23.6 Å². The van der Waals surface area contributed by atoms with E-state index in [1.807, 2.05) is 17.0 Å². The maximum absolute atomic E-state index is 13.5. The van der Waals surface area contributed by atoms with Gasteiger partial charge in [0.25, 0.3) is 0 Å². The van der Waals surface area contributed by atoms with Crippen LogP contribution in [-0.4, -0.2) is 30.9 Å². The summed E-state index contributed by atoms with van der Waals surface area (Å²) in [4.78, 5) is 17.9. The van der Waals surface area contributed by atoms with Gasteiger partial charge in [-0.1, -0.05) is 103 Å². The van der Waals surface area contributed by atoms with Crippen molar-refractivity contribution in [2.24, 2.45) is 5.92 Å². The molecule has 0 saturated heterocycles. The summed E-state index contributed by atoms with van der Waals surface area (Å²) in [5.74, 6) is 0.632. The molecule has 0 radical (unpaired) electrons. The fourth-order valence-corrected chi connectivity index (χ4v) is 5.32. The van der Waals surface area contributed by atoms with E-state index in [0.717, 1.165) is 38.2 Å². The van der Waals surface area contributed by atoms with Crippen LogP contribution in [0.15, 0.2) is 109 Å². The summed E-state index contributed by atoms with van der Waals surface area (Å²) >= 11 is 0. The first kappa shape index (κ1) is 24.0. The summed E-state index contributed by atoms with van der Waals surface area (Å²) in [5, 5.41) is 0. The number of anilines is 1. The molecule has 1 aliphatic rings. The van der Waals surface area contributed by atoms with Crippen molar-refractivity contribution in [3.8, 4) is 11.1 Å². The Bertz CT molecular complexity index is 1270. The fourth-order valence-electron chi connectivity index (χ4n) is 5.32. The standard InChI is InChI=1S/C33H34N2O/c1-34(23-27-10-4-2-5-11-27)24-28-22-31-14-8-9-15-32(31)35(25-28)33(36)21-18-26-16-19-30(20-17-26)29-12-6-3-7-13-29/h2-17,19-20,28H,18,21-25H2,1H3. The van der Waals surface area contributed by atoms with E-state index >= 15 is 0 Å². The molecule has 0 aliphatic carbocycles. The van der Waals surface area contributed by atoms with Gasteiger partial charge in [-0.3, -0.25) is 4.79 Å². The monoisotopic (exact) mass is 474 g/mol. The highest BCUT2D eigenvalue weighted by atomic mass is 16.2. The van der Waals surface area contributed by atoms with Gasteiger partial charge in [0.1, 0.15) is 0 Å². The van der Waals surface area contributed by atoms with E-state index in [-0.39, 0.29) is 5.91 Å². The van der Waals surface area contributed by atoms with Gasteiger partial charge in [-0.2, -0.15) is 0 Å². The van der Waals surface area contributed by atoms with E-state index in [2.05, 4.69) is 109 Å². The molecule has 4 aromatic rings. The molecule has 0 spiro atoms. The van der Waals surface area contributed by atoms with Gasteiger partial charge < -0.3 is 9.80 Å². The van der Waals surface area contributed by atoms with Gasteiger partial charge >= 0.3 is 0 Å². The number of benzene rings is 4. The van der Waals surface area contributed by atoms with Gasteiger partial charge in [0.2, 0.25) is 5.91 Å². The lowest BCUT2D eigenvalue weighted by atomic mass is 9.91. The number of para-hydroxylation sites is 1. The Balaban J connectivity index is 1.23. The molecule has 1 amide bonds. The number of carbonyl (C=O) groups excluding carboxylic acids is 1. The lowest BCUT2D eigenvalue weighted by Crippen LogP contribution is -2.43. The van der Waals surface area contributed by atoms with E-state index in [9.17, 15) is 4.79 Å². The highest BCUT2D eigenvalue weighted by Gasteiger charge is 2.28. The normalized spacial score (nSPS) is 15.1. The van der Waals surface area contributed by atoms with Crippen molar-refractivity contribution in [3.63, 3.8) is 0 Å². The van der Waals surface area contributed by atoms with Crippen LogP contribution in [-0.2, 0) is 24.2 Å². The van der Waals surface area contributed by atoms with Crippen LogP contribution in [0, 0.1) is 5.92 Å². The summed E-state index contributed by atoms with van der Waals surface area (Å²) in [7, 11) is 2.18. The molecule has 1 unspecified atom stereocenters. The van der Waals surface area contributed by atoms with Gasteiger partial charge in [0, 0.05) is 31.7 Å². The molecule has 0 fully saturated rings. The van der Waals surface area contributed by atoms with E-state index in [1.165, 1.54) is 27.8 Å². The van der Waals surface area contributed by atoms with Crippen molar-refractivity contribution in [3.05, 3.63) is 126 Å². The van der Waals surface area contributed by atoms with Crippen molar-refractivity contribution in [1.29, 1.82) is 0 Å². The molecule has 1 heterocycles. The predicted molar refractivity (Wildman–Crippen MR) is 149 cm³/mol. The van der Waals surface area contributed by atoms with Crippen molar-refractivity contribution < 1.29 is 4.79 Å². The molecule has 3 heteroatoms. The zero-order valence-electron chi connectivity index (χ0n) is 21.0. The molecule has 5 rings (SSSR count). The van der Waals surface area contributed by atoms with Gasteiger partial charge in [-0.15, -0.1) is 0 Å². The molecule has 0 saturated carbocycles. The average Bonchev–Trinajstić information content (AvgIpc) is 2.92. The first-order valence-electron chi connectivity index (χ1n) is 12.9. The Hall–Kier alpha value is -3.69. The molecule has 0 N–H and O–H groups in total. The van der Waals surface area contributed by atoms with Crippen molar-refractivity contribution in [2.45, 2.75) is 25.8 Å². The number of hydrogen-bond donors (Lipinski definition) is 0. The maximum atomic E-state index is 13.5. The second-order valence-corrected chi connectivity index (χ2v) is 9.95. The summed E-state index contributed by atoms with van der Waals surface area (Å²) in [6.07, 6.45) is 2.29. The van der Waals surface area contributed by atoms with Crippen LogP contribution in [0.25, 0.3) is 11.1 Å². The Morgan fingerprint density at radius 1 is 0.778 bits per heavy atom. The number of amides is 1. The van der Waals surface area contributed by atoms with Crippen LogP contribution in [0.3, 0.4) is 0 Å². The van der Waals surface area contributed by atoms with E-state index in [0.29, 0.717) is 12.3 Å². The number of nitrogens with zero attached hydrogens (tertiary/aromatic N) is 2. The minimum absolute atomic E-state index is 0.213. The molecule has 1 atom stereocenters. The lowest BCUT2D eigenvalue weighted by Gasteiger charge is -2.36. The SMILES string of the molecule is CN(Cc1ccccc1)CC1Cc2ccccc2N(C(=O)CCc2ccc(-c3ccccc3)cc2)C1. The second kappa shape index (κ2) is 11.4. The lowest BCUT2D eigenvalue weighted by molar-refractivity contribution is -0.118. The van der Waals surface area contributed by atoms with Crippen LogP contribution in [0.4, 0.5) is 5.69 Å². The van der Waals surface area contributed by atoms with Crippen LogP contribution >= 0.6 is 0 Å². The zero-order chi connectivity index (χ0) is 24.7. The highest BCUT2D eigenvalue weighted by Crippen LogP contribution is 2.31. The van der Waals surface area contributed by atoms with Gasteiger partial charge in [-0.25, -0.2) is 0 Å². The number of aryl methyl sites for hydroxylation is 1. The number of fused-ring (bicyclic) bond motifs is 1. The molecule has 3 nitrogen and oxygen atoms in total. The molecule has 36 heavy (non-hydrogen) atoms. The molecular weight excluding hydrogens is 440 g/mol. The largest absolute Gasteiger partial charge is 0.312 e. The molecule has 0 aromatic heterocycles. The third kappa shape index (κ3) is 5.92. The smallest absolute Gasteiger partial charge is 0.227 e. The number of carbonyl (C=O) groups is 1. The van der Waals surface area contributed by atoms with E-state index in [4.69, 9.17) is 0 Å². The van der Waals surface area contributed by atoms with Crippen molar-refractivity contribution in [2.75, 3.05) is 25.0 Å². The van der Waals surface area contributed by atoms with Gasteiger partial charge in [0.15, 0.2) is 0 Å². The Kier molecular flexibility index (Phi) is 7.58. The van der Waals surface area contributed by atoms with Crippen LogP contribution < -0.4 is 4.90 Å². The third-order valence-corrected chi connectivity index (χ3v) is 7.09. The van der Waals surface area contributed by atoms with E-state index in [1.54, 1.807) is 0 Å². The summed E-state index contributed by atoms with van der Waals surface area (Å²) in [5.41, 5.74) is 7.31. The molecule has 182 valence electrons. The van der Waals surface area contributed by atoms with Crippen LogP contribution in [0.1, 0.15) is 23.1 Å². The summed E-state index contributed by atoms with van der Waals surface area (Å²) in [6, 6.07) is 38.0. The van der Waals surface area contributed by atoms with Gasteiger partial charge in [0.05, 0.1) is 0 Å². The summed E-state index contributed by atoms with van der Waals surface area (Å²) < 4.78 is 0. The average molecular weight is 475 g/mol. The van der Waals surface area contributed by atoms with E-state index < -0.39 is 0 Å². The van der Waals surface area contributed by atoms with Crippen molar-refractivity contribution >= 4 is 11.6 Å². The van der Waals surface area contributed by atoms with Gasteiger partial charge in [-0.05, 0) is 59.7 Å². The molecular formula is C33H34N2O. The molecule has 1 aliphatic heterocycles. The quantitative estimate of drug-likeness (QED) is 0.286. The summed E-state index contributed by atoms with van der Waals surface area (Å²) in [6.45, 7) is 2.67. The minimum Gasteiger partial charge on any atom is -0.312 e. The Morgan fingerprint density at radius 3 is 2.17 bits per heavy atom. The minimum atomic E-state index is 0.213. The fraction of sp³-hybridized carbons (Fsp3) is 0.242. The second-order valence-electron chi connectivity index (χ2n) is 9.95. The molecule has 0 bridgehead atoms. The molecule has 4 aromatic carbocycles. The first-order valence-corrected chi connectivity index (χ1v) is 12.9. The third-order valence-electron chi connectivity index (χ3n) is 7.09. The van der Waals surface area contributed by atoms with Crippen molar-refractivity contribution in [1.82, 2.24) is 4.90 Å². The Labute approximate surface area is 215 Å². The zero-order valence-corrected chi connectivity index (χ0v) is 21.0. The maximum Gasteiger partial charge on any atom is 0.227 e. The predicted octanol–water partition coefficient (Wildman–Crippen LogP) is 6.62. The van der Waals surface area contributed by atoms with Crippen LogP contribution in [0.5, 0.6) is 0 Å².